The van der Waals surface area contributed by atoms with Crippen molar-refractivity contribution in [1.82, 2.24) is 9.55 Å². The molecule has 2 atom stereocenters. The Bertz CT molecular complexity index is 272. The van der Waals surface area contributed by atoms with Crippen LogP contribution in [-0.2, 0) is 6.54 Å². The first kappa shape index (κ1) is 11.2. The van der Waals surface area contributed by atoms with Crippen molar-refractivity contribution in [2.75, 3.05) is 6.54 Å². The molecule has 1 aromatic heterocycles. The molecule has 0 aliphatic heterocycles. The topological polar surface area (TPSA) is 64.1 Å². The van der Waals surface area contributed by atoms with Crippen LogP contribution in [0.2, 0.25) is 0 Å². The SMILES string of the molecule is CCCn1cncc1C(O)C(C)CN. The summed E-state index contributed by atoms with van der Waals surface area (Å²) >= 11 is 0. The van der Waals surface area contributed by atoms with E-state index in [1.165, 1.54) is 0 Å². The molecule has 0 amide bonds. The molecular weight excluding hydrogens is 178 g/mol. The number of aliphatic hydroxyl groups excluding tert-OH is 1. The van der Waals surface area contributed by atoms with Gasteiger partial charge in [0.2, 0.25) is 0 Å². The summed E-state index contributed by atoms with van der Waals surface area (Å²) in [5, 5.41) is 9.94. The summed E-state index contributed by atoms with van der Waals surface area (Å²) in [6.07, 6.45) is 4.00. The van der Waals surface area contributed by atoms with Crippen molar-refractivity contribution in [1.29, 1.82) is 0 Å². The zero-order valence-electron chi connectivity index (χ0n) is 8.85. The van der Waals surface area contributed by atoms with E-state index in [0.717, 1.165) is 18.7 Å². The Balaban J connectivity index is 2.77. The van der Waals surface area contributed by atoms with Crippen molar-refractivity contribution >= 4 is 0 Å². The highest BCUT2D eigenvalue weighted by Gasteiger charge is 2.18. The molecule has 0 spiro atoms. The predicted octanol–water partition coefficient (Wildman–Crippen LogP) is 0.921. The quantitative estimate of drug-likeness (QED) is 0.737. The molecular formula is C10H19N3O. The van der Waals surface area contributed by atoms with Crippen LogP contribution in [0.4, 0.5) is 0 Å². The van der Waals surface area contributed by atoms with Crippen molar-refractivity contribution in [3.8, 4) is 0 Å². The van der Waals surface area contributed by atoms with Crippen LogP contribution in [0.1, 0.15) is 32.1 Å². The van der Waals surface area contributed by atoms with Gasteiger partial charge in [-0.1, -0.05) is 13.8 Å². The van der Waals surface area contributed by atoms with Crippen LogP contribution in [-0.4, -0.2) is 21.2 Å². The summed E-state index contributed by atoms with van der Waals surface area (Å²) < 4.78 is 1.98. The van der Waals surface area contributed by atoms with Crippen molar-refractivity contribution in [2.24, 2.45) is 11.7 Å². The van der Waals surface area contributed by atoms with E-state index < -0.39 is 6.10 Å². The van der Waals surface area contributed by atoms with Crippen LogP contribution < -0.4 is 5.73 Å². The second-order valence-corrected chi connectivity index (χ2v) is 3.67. The Hall–Kier alpha value is -0.870. The fourth-order valence-corrected chi connectivity index (χ4v) is 1.43. The van der Waals surface area contributed by atoms with E-state index in [0.29, 0.717) is 6.54 Å². The van der Waals surface area contributed by atoms with Gasteiger partial charge in [0, 0.05) is 6.54 Å². The van der Waals surface area contributed by atoms with Gasteiger partial charge in [-0.25, -0.2) is 4.98 Å². The highest BCUT2D eigenvalue weighted by Crippen LogP contribution is 2.20. The van der Waals surface area contributed by atoms with E-state index in [9.17, 15) is 5.11 Å². The van der Waals surface area contributed by atoms with Gasteiger partial charge in [0.05, 0.1) is 24.3 Å². The number of imidazole rings is 1. The van der Waals surface area contributed by atoms with Gasteiger partial charge in [-0.15, -0.1) is 0 Å². The number of rotatable bonds is 5. The highest BCUT2D eigenvalue weighted by atomic mass is 16.3. The van der Waals surface area contributed by atoms with Crippen molar-refractivity contribution < 1.29 is 5.11 Å². The van der Waals surface area contributed by atoms with Gasteiger partial charge in [0.1, 0.15) is 0 Å². The second-order valence-electron chi connectivity index (χ2n) is 3.67. The maximum Gasteiger partial charge on any atom is 0.0993 e. The lowest BCUT2D eigenvalue weighted by atomic mass is 10.0. The predicted molar refractivity (Wildman–Crippen MR) is 55.7 cm³/mol. The van der Waals surface area contributed by atoms with E-state index in [1.54, 1.807) is 12.5 Å². The van der Waals surface area contributed by atoms with Crippen LogP contribution in [0.15, 0.2) is 12.5 Å². The number of hydrogen-bond acceptors (Lipinski definition) is 3. The summed E-state index contributed by atoms with van der Waals surface area (Å²) in [6.45, 7) is 5.42. The number of aromatic nitrogens is 2. The molecule has 3 N–H and O–H groups in total. The van der Waals surface area contributed by atoms with Crippen LogP contribution in [0.3, 0.4) is 0 Å². The average Bonchev–Trinajstić information content (AvgIpc) is 2.64. The minimum atomic E-state index is -0.506. The lowest BCUT2D eigenvalue weighted by Gasteiger charge is -2.18. The minimum Gasteiger partial charge on any atom is -0.386 e. The number of hydrogen-bond donors (Lipinski definition) is 2. The Morgan fingerprint density at radius 2 is 2.36 bits per heavy atom. The number of aliphatic hydroxyl groups is 1. The molecule has 1 aromatic rings. The summed E-state index contributed by atoms with van der Waals surface area (Å²) in [6, 6.07) is 0. The maximum absolute atomic E-state index is 9.94. The first-order chi connectivity index (χ1) is 6.70. The molecule has 1 rings (SSSR count). The van der Waals surface area contributed by atoms with Gasteiger partial charge in [-0.05, 0) is 18.9 Å². The van der Waals surface area contributed by atoms with Crippen LogP contribution in [0, 0.1) is 5.92 Å². The van der Waals surface area contributed by atoms with Crippen LogP contribution in [0.25, 0.3) is 0 Å². The molecule has 2 unspecified atom stereocenters. The Morgan fingerprint density at radius 3 is 2.93 bits per heavy atom. The van der Waals surface area contributed by atoms with Gasteiger partial charge in [0.15, 0.2) is 0 Å². The fourth-order valence-electron chi connectivity index (χ4n) is 1.43. The molecule has 0 aromatic carbocycles. The van der Waals surface area contributed by atoms with Crippen molar-refractivity contribution in [3.05, 3.63) is 18.2 Å². The highest BCUT2D eigenvalue weighted by molar-refractivity contribution is 5.04. The molecule has 14 heavy (non-hydrogen) atoms. The molecule has 80 valence electrons. The molecule has 4 heteroatoms. The number of aryl methyl sites for hydroxylation is 1. The summed E-state index contributed by atoms with van der Waals surface area (Å²) in [7, 11) is 0. The second kappa shape index (κ2) is 5.12. The molecule has 0 saturated carbocycles. The monoisotopic (exact) mass is 197 g/mol. The van der Waals surface area contributed by atoms with E-state index in [4.69, 9.17) is 5.73 Å². The van der Waals surface area contributed by atoms with E-state index in [-0.39, 0.29) is 5.92 Å². The summed E-state index contributed by atoms with van der Waals surface area (Å²) in [4.78, 5) is 4.04. The van der Waals surface area contributed by atoms with Crippen LogP contribution >= 0.6 is 0 Å². The average molecular weight is 197 g/mol. The largest absolute Gasteiger partial charge is 0.386 e. The fraction of sp³-hybridized carbons (Fsp3) is 0.700. The normalized spacial score (nSPS) is 15.4. The van der Waals surface area contributed by atoms with Gasteiger partial charge in [-0.3, -0.25) is 0 Å². The van der Waals surface area contributed by atoms with Gasteiger partial charge >= 0.3 is 0 Å². The summed E-state index contributed by atoms with van der Waals surface area (Å²) in [5.41, 5.74) is 6.38. The molecule has 0 saturated heterocycles. The van der Waals surface area contributed by atoms with Gasteiger partial charge < -0.3 is 15.4 Å². The van der Waals surface area contributed by atoms with Gasteiger partial charge in [0.25, 0.3) is 0 Å². The Morgan fingerprint density at radius 1 is 1.64 bits per heavy atom. The molecule has 0 fully saturated rings. The van der Waals surface area contributed by atoms with E-state index >= 15 is 0 Å². The first-order valence-electron chi connectivity index (χ1n) is 5.08. The van der Waals surface area contributed by atoms with Crippen molar-refractivity contribution in [3.63, 3.8) is 0 Å². The van der Waals surface area contributed by atoms with Gasteiger partial charge in [-0.2, -0.15) is 0 Å². The van der Waals surface area contributed by atoms with Crippen molar-refractivity contribution in [2.45, 2.75) is 32.9 Å². The van der Waals surface area contributed by atoms with E-state index in [1.807, 2.05) is 11.5 Å². The van der Waals surface area contributed by atoms with E-state index in [2.05, 4.69) is 11.9 Å². The lowest BCUT2D eigenvalue weighted by molar-refractivity contribution is 0.113. The third kappa shape index (κ3) is 2.33. The summed E-state index contributed by atoms with van der Waals surface area (Å²) in [5.74, 6) is 0.0716. The third-order valence-corrected chi connectivity index (χ3v) is 2.42. The molecule has 0 aliphatic rings. The lowest BCUT2D eigenvalue weighted by Crippen LogP contribution is -2.21. The Kier molecular flexibility index (Phi) is 4.10. The molecule has 4 nitrogen and oxygen atoms in total. The minimum absolute atomic E-state index is 0.0716. The number of nitrogens with zero attached hydrogens (tertiary/aromatic N) is 2. The number of nitrogens with two attached hydrogens (primary N) is 1. The molecule has 0 bridgehead atoms. The third-order valence-electron chi connectivity index (χ3n) is 2.42. The zero-order chi connectivity index (χ0) is 10.6. The first-order valence-corrected chi connectivity index (χ1v) is 5.08. The maximum atomic E-state index is 9.94. The standard InChI is InChI=1S/C10H19N3O/c1-3-4-13-7-12-6-9(13)10(14)8(2)5-11/h6-8,10,14H,3-5,11H2,1-2H3. The zero-order valence-corrected chi connectivity index (χ0v) is 8.85. The molecule has 0 aliphatic carbocycles. The van der Waals surface area contributed by atoms with Crippen LogP contribution in [0.5, 0.6) is 0 Å². The molecule has 1 heterocycles. The Labute approximate surface area is 84.8 Å². The smallest absolute Gasteiger partial charge is 0.0993 e. The molecule has 0 radical (unpaired) electrons.